The van der Waals surface area contributed by atoms with Gasteiger partial charge in [0.15, 0.2) is 4.90 Å². The molecule has 0 unspecified atom stereocenters. The summed E-state index contributed by atoms with van der Waals surface area (Å²) in [6.07, 6.45) is 6.39. The highest BCUT2D eigenvalue weighted by molar-refractivity contribution is 7.92. The molecule has 8 heteroatoms. The molecule has 0 spiro atoms. The van der Waals surface area contributed by atoms with Gasteiger partial charge in [-0.05, 0) is 25.1 Å². The van der Waals surface area contributed by atoms with Crippen LogP contribution in [0.2, 0.25) is 0 Å². The Balaban J connectivity index is 2.71. The lowest BCUT2D eigenvalue weighted by atomic mass is 10.2. The zero-order valence-corrected chi connectivity index (χ0v) is 14.4. The maximum atomic E-state index is 12.9. The molecular weight excluding hydrogens is 330 g/mol. The third-order valence-corrected chi connectivity index (χ3v) is 5.46. The summed E-state index contributed by atoms with van der Waals surface area (Å²) in [4.78, 5) is 23.6. The van der Waals surface area contributed by atoms with E-state index in [0.29, 0.717) is 11.3 Å². The van der Waals surface area contributed by atoms with Gasteiger partial charge in [-0.25, -0.2) is 13.2 Å². The quantitative estimate of drug-likeness (QED) is 0.744. The molecule has 0 saturated carbocycles. The van der Waals surface area contributed by atoms with Gasteiger partial charge >= 0.3 is 5.69 Å². The van der Waals surface area contributed by atoms with Crippen molar-refractivity contribution in [1.82, 2.24) is 9.13 Å². The highest BCUT2D eigenvalue weighted by atomic mass is 32.2. The summed E-state index contributed by atoms with van der Waals surface area (Å²) in [6.45, 7) is 1.74. The van der Waals surface area contributed by atoms with Crippen LogP contribution in [0.15, 0.2) is 44.9 Å². The monoisotopic (exact) mass is 347 g/mol. The number of hydrogen-bond acceptors (Lipinski definition) is 4. The second-order valence-corrected chi connectivity index (χ2v) is 6.95. The van der Waals surface area contributed by atoms with Gasteiger partial charge in [0.25, 0.3) is 15.6 Å². The number of sulfonamides is 1. The first kappa shape index (κ1) is 17.6. The highest BCUT2D eigenvalue weighted by Crippen LogP contribution is 2.22. The fourth-order valence-corrected chi connectivity index (χ4v) is 3.93. The number of nitrogens with zero attached hydrogens (tertiary/aromatic N) is 3. The molecule has 0 atom stereocenters. The van der Waals surface area contributed by atoms with Gasteiger partial charge in [0.1, 0.15) is 0 Å². The Morgan fingerprint density at radius 3 is 2.50 bits per heavy atom. The lowest BCUT2D eigenvalue weighted by molar-refractivity contribution is 0.580. The Bertz CT molecular complexity index is 1040. The van der Waals surface area contributed by atoms with Crippen LogP contribution in [0, 0.1) is 12.3 Å². The van der Waals surface area contributed by atoms with Crippen molar-refractivity contribution in [3.05, 3.63) is 56.9 Å². The first-order chi connectivity index (χ1) is 11.2. The van der Waals surface area contributed by atoms with Crippen LogP contribution in [0.5, 0.6) is 0 Å². The van der Waals surface area contributed by atoms with E-state index in [2.05, 4.69) is 5.92 Å². The van der Waals surface area contributed by atoms with Crippen molar-refractivity contribution >= 4 is 15.7 Å². The molecule has 1 aromatic heterocycles. The molecule has 0 bridgehead atoms. The zero-order chi connectivity index (χ0) is 18.1. The Labute approximate surface area is 139 Å². The molecule has 1 heterocycles. The summed E-state index contributed by atoms with van der Waals surface area (Å²) < 4.78 is 28.8. The topological polar surface area (TPSA) is 81.4 Å². The van der Waals surface area contributed by atoms with Crippen LogP contribution >= 0.6 is 0 Å². The molecule has 0 N–H and O–H groups in total. The van der Waals surface area contributed by atoms with Gasteiger partial charge in [0, 0.05) is 32.4 Å². The number of aromatic nitrogens is 2. The molecule has 7 nitrogen and oxygen atoms in total. The number of rotatable bonds is 4. The predicted molar refractivity (Wildman–Crippen MR) is 91.5 cm³/mol. The molecule has 126 valence electrons. The van der Waals surface area contributed by atoms with E-state index < -0.39 is 26.2 Å². The molecule has 0 amide bonds. The van der Waals surface area contributed by atoms with Crippen LogP contribution in [-0.4, -0.2) is 24.1 Å². The van der Waals surface area contributed by atoms with E-state index >= 15 is 0 Å². The number of benzene rings is 1. The predicted octanol–water partition coefficient (Wildman–Crippen LogP) is 0.280. The molecule has 0 saturated heterocycles. The minimum atomic E-state index is -4.15. The molecule has 1 aromatic carbocycles. The van der Waals surface area contributed by atoms with Gasteiger partial charge in [-0.3, -0.25) is 13.7 Å². The summed E-state index contributed by atoms with van der Waals surface area (Å²) in [6, 6.07) is 6.46. The van der Waals surface area contributed by atoms with Crippen LogP contribution in [0.25, 0.3) is 0 Å². The first-order valence-electron chi connectivity index (χ1n) is 7.10. The molecule has 0 aliphatic carbocycles. The Morgan fingerprint density at radius 2 is 1.92 bits per heavy atom. The Kier molecular flexibility index (Phi) is 4.66. The van der Waals surface area contributed by atoms with Crippen molar-refractivity contribution in [1.29, 1.82) is 0 Å². The van der Waals surface area contributed by atoms with Crippen LogP contribution in [0.1, 0.15) is 12.5 Å². The summed E-state index contributed by atoms with van der Waals surface area (Å²) in [5.41, 5.74) is -0.598. The maximum absolute atomic E-state index is 12.9. The van der Waals surface area contributed by atoms with Crippen molar-refractivity contribution in [2.75, 3.05) is 10.8 Å². The fourth-order valence-electron chi connectivity index (χ4n) is 2.31. The third-order valence-electron chi connectivity index (χ3n) is 3.57. The van der Waals surface area contributed by atoms with E-state index in [1.54, 1.807) is 31.2 Å². The number of anilines is 1. The number of aryl methyl sites for hydroxylation is 1. The van der Waals surface area contributed by atoms with Crippen molar-refractivity contribution in [2.24, 2.45) is 14.1 Å². The van der Waals surface area contributed by atoms with Crippen LogP contribution in [-0.2, 0) is 24.1 Å². The third kappa shape index (κ3) is 2.86. The minimum absolute atomic E-state index is 0.0996. The van der Waals surface area contributed by atoms with Gasteiger partial charge in [-0.2, -0.15) is 0 Å². The van der Waals surface area contributed by atoms with E-state index in [4.69, 9.17) is 6.42 Å². The molecule has 0 aliphatic heterocycles. The van der Waals surface area contributed by atoms with Crippen molar-refractivity contribution in [3.8, 4) is 12.3 Å². The second kappa shape index (κ2) is 6.37. The van der Waals surface area contributed by atoms with Crippen LogP contribution in [0.4, 0.5) is 5.69 Å². The Hall–Kier alpha value is -2.79. The van der Waals surface area contributed by atoms with Gasteiger partial charge in [0.05, 0.1) is 5.69 Å². The van der Waals surface area contributed by atoms with Gasteiger partial charge in [-0.15, -0.1) is 6.42 Å². The molecule has 2 aromatic rings. The van der Waals surface area contributed by atoms with E-state index in [1.807, 2.05) is 0 Å². The molecule has 0 aliphatic rings. The van der Waals surface area contributed by atoms with Crippen molar-refractivity contribution in [2.45, 2.75) is 11.8 Å². The molecule has 0 radical (unpaired) electrons. The van der Waals surface area contributed by atoms with E-state index in [0.717, 1.165) is 19.6 Å². The lowest BCUT2D eigenvalue weighted by Gasteiger charge is -2.23. The molecule has 0 fully saturated rings. The average molecular weight is 347 g/mol. The summed E-state index contributed by atoms with van der Waals surface area (Å²) >= 11 is 0. The van der Waals surface area contributed by atoms with Crippen LogP contribution < -0.4 is 15.6 Å². The lowest BCUT2D eigenvalue weighted by Crippen LogP contribution is -2.42. The smallest absolute Gasteiger partial charge is 0.302 e. The van der Waals surface area contributed by atoms with Gasteiger partial charge in [0.2, 0.25) is 0 Å². The fraction of sp³-hybridized carbons (Fsp3) is 0.250. The first-order valence-corrected chi connectivity index (χ1v) is 8.54. The Morgan fingerprint density at radius 1 is 1.25 bits per heavy atom. The highest BCUT2D eigenvalue weighted by Gasteiger charge is 2.28. The van der Waals surface area contributed by atoms with Crippen LogP contribution in [0.3, 0.4) is 0 Å². The standard InChI is InChI=1S/C16H17N3O4S/c1-5-12-8-7-9-13(10-12)19(6-2)24(22,23)14-11-17(3)16(21)18(4)15(14)20/h1,7-11H,6H2,2-4H3. The normalized spacial score (nSPS) is 11.1. The van der Waals surface area contributed by atoms with Gasteiger partial charge < -0.3 is 4.57 Å². The van der Waals surface area contributed by atoms with E-state index in [1.165, 1.54) is 14.1 Å². The minimum Gasteiger partial charge on any atom is -0.302 e. The molecule has 2 rings (SSSR count). The second-order valence-electron chi connectivity index (χ2n) is 5.12. The number of terminal acetylenes is 1. The summed E-state index contributed by atoms with van der Waals surface area (Å²) in [5, 5.41) is 0. The van der Waals surface area contributed by atoms with Gasteiger partial charge in [-0.1, -0.05) is 12.0 Å². The summed E-state index contributed by atoms with van der Waals surface area (Å²) in [7, 11) is -1.53. The molecular formula is C16H17N3O4S. The van der Waals surface area contributed by atoms with E-state index in [9.17, 15) is 18.0 Å². The number of hydrogen-bond donors (Lipinski definition) is 0. The van der Waals surface area contributed by atoms with E-state index in [-0.39, 0.29) is 6.54 Å². The maximum Gasteiger partial charge on any atom is 0.330 e. The zero-order valence-electron chi connectivity index (χ0n) is 13.6. The molecule has 24 heavy (non-hydrogen) atoms. The van der Waals surface area contributed by atoms with Crippen molar-refractivity contribution in [3.63, 3.8) is 0 Å². The SMILES string of the molecule is C#Cc1cccc(N(CC)S(=O)(=O)c2cn(C)c(=O)n(C)c2=O)c1. The largest absolute Gasteiger partial charge is 0.330 e. The van der Waals surface area contributed by atoms with Crippen molar-refractivity contribution < 1.29 is 8.42 Å². The average Bonchev–Trinajstić information content (AvgIpc) is 2.56. The summed E-state index contributed by atoms with van der Waals surface area (Å²) in [5.74, 6) is 2.44.